The molecule has 2 fully saturated rings. The van der Waals surface area contributed by atoms with Gasteiger partial charge in [0.1, 0.15) is 35.7 Å². The molecule has 0 aliphatic carbocycles. The van der Waals surface area contributed by atoms with Gasteiger partial charge in [0.05, 0.1) is 42.7 Å². The number of halogens is 3. The van der Waals surface area contributed by atoms with Crippen LogP contribution in [0.5, 0.6) is 11.8 Å². The van der Waals surface area contributed by atoms with Crippen LogP contribution in [0.3, 0.4) is 0 Å². The van der Waals surface area contributed by atoms with Crippen LogP contribution in [0, 0.1) is 17.0 Å². The topological polar surface area (TPSA) is 119 Å². The fourth-order valence-corrected chi connectivity index (χ4v) is 4.57. The predicted octanol–water partition coefficient (Wildman–Crippen LogP) is 2.98. The molecule has 0 spiro atoms. The summed E-state index contributed by atoms with van der Waals surface area (Å²) in [6, 6.07) is 4.10. The molecule has 2 saturated heterocycles. The molecule has 2 aromatic heterocycles. The van der Waals surface area contributed by atoms with Gasteiger partial charge in [-0.2, -0.15) is 4.98 Å². The number of pyridine rings is 1. The molecular weight excluding hydrogens is 512 g/mol. The van der Waals surface area contributed by atoms with Crippen molar-refractivity contribution < 1.29 is 37.9 Å². The second-order valence-corrected chi connectivity index (χ2v) is 10.5. The summed E-state index contributed by atoms with van der Waals surface area (Å²) in [4.78, 5) is 11.8. The molecule has 0 radical (unpaired) electrons. The number of benzene rings is 1. The van der Waals surface area contributed by atoms with Gasteiger partial charge in [0.25, 0.3) is 6.01 Å². The molecule has 5 rings (SSSR count). The summed E-state index contributed by atoms with van der Waals surface area (Å²) in [6.45, 7) is 4.00. The van der Waals surface area contributed by atoms with Crippen molar-refractivity contribution in [3.63, 3.8) is 0 Å². The Morgan fingerprint density at radius 1 is 1.11 bits per heavy atom. The van der Waals surface area contributed by atoms with Gasteiger partial charge in [-0.3, -0.25) is 0 Å². The number of aromatic nitrogens is 3. The van der Waals surface area contributed by atoms with Crippen LogP contribution < -0.4 is 9.47 Å². The number of fused-ring (bicyclic) bond motifs is 2. The smallest absolute Gasteiger partial charge is 0.296 e. The molecule has 4 heterocycles. The number of H-pyrrole nitrogens is 1. The van der Waals surface area contributed by atoms with Crippen molar-refractivity contribution in [3.8, 4) is 11.8 Å². The summed E-state index contributed by atoms with van der Waals surface area (Å²) < 4.78 is 51.9. The van der Waals surface area contributed by atoms with Gasteiger partial charge in [-0.25, -0.2) is 13.8 Å². The number of aliphatic hydroxyl groups excluding tert-OH is 2. The number of hydrogen-bond acceptors (Lipinski definition) is 8. The van der Waals surface area contributed by atoms with Crippen molar-refractivity contribution in [3.05, 3.63) is 46.1 Å². The van der Waals surface area contributed by atoms with E-state index in [1.807, 2.05) is 0 Å². The van der Waals surface area contributed by atoms with Gasteiger partial charge in [-0.15, -0.1) is 0 Å². The van der Waals surface area contributed by atoms with E-state index in [2.05, 4.69) is 15.0 Å². The number of hydrogen-bond donors (Lipinski definition) is 3. The van der Waals surface area contributed by atoms with Gasteiger partial charge in [0.2, 0.25) is 0 Å². The van der Waals surface area contributed by atoms with Crippen LogP contribution in [0.25, 0.3) is 11.2 Å². The maximum absolute atomic E-state index is 14.7. The van der Waals surface area contributed by atoms with E-state index in [4.69, 9.17) is 30.5 Å². The van der Waals surface area contributed by atoms with E-state index in [1.54, 1.807) is 19.9 Å². The van der Waals surface area contributed by atoms with E-state index in [-0.39, 0.29) is 56.6 Å². The molecule has 2 aliphatic heterocycles. The summed E-state index contributed by atoms with van der Waals surface area (Å²) >= 11 is 6.39. The monoisotopic (exact) mass is 539 g/mol. The van der Waals surface area contributed by atoms with E-state index >= 15 is 0 Å². The van der Waals surface area contributed by atoms with Crippen LogP contribution in [-0.2, 0) is 22.3 Å². The Morgan fingerprint density at radius 3 is 2.57 bits per heavy atom. The number of nitrogens with zero attached hydrogens (tertiary/aromatic N) is 2. The lowest BCUT2D eigenvalue weighted by Crippen LogP contribution is -2.34. The molecule has 200 valence electrons. The predicted molar refractivity (Wildman–Crippen MR) is 129 cm³/mol. The zero-order valence-electron chi connectivity index (χ0n) is 20.3. The van der Waals surface area contributed by atoms with Crippen LogP contribution in [0.4, 0.5) is 8.78 Å². The minimum atomic E-state index is -0.735. The molecule has 0 saturated carbocycles. The molecule has 3 N–H and O–H groups in total. The van der Waals surface area contributed by atoms with Crippen LogP contribution >= 0.6 is 11.6 Å². The minimum Gasteiger partial charge on any atom is -0.493 e. The largest absolute Gasteiger partial charge is 0.493 e. The van der Waals surface area contributed by atoms with Crippen molar-refractivity contribution in [2.45, 2.75) is 51.1 Å². The zero-order valence-corrected chi connectivity index (χ0v) is 21.1. The third-order valence-corrected chi connectivity index (χ3v) is 6.83. The number of imidazole rings is 1. The molecule has 9 nitrogen and oxygen atoms in total. The summed E-state index contributed by atoms with van der Waals surface area (Å²) in [5.41, 5.74) is 0.670. The van der Waals surface area contributed by atoms with Crippen molar-refractivity contribution in [1.82, 2.24) is 15.0 Å². The number of ether oxygens (including phenoxy) is 4. The Labute approximate surface area is 216 Å². The Hall–Kier alpha value is -2.57. The van der Waals surface area contributed by atoms with Gasteiger partial charge in [0.15, 0.2) is 11.8 Å². The van der Waals surface area contributed by atoms with E-state index in [1.165, 1.54) is 0 Å². The number of aliphatic hydroxyl groups is 2. The molecule has 37 heavy (non-hydrogen) atoms. The summed E-state index contributed by atoms with van der Waals surface area (Å²) in [5.74, 6) is -1.42. The molecule has 12 heteroatoms. The van der Waals surface area contributed by atoms with Crippen molar-refractivity contribution in [2.24, 2.45) is 5.41 Å². The van der Waals surface area contributed by atoms with Gasteiger partial charge < -0.3 is 34.1 Å². The average Bonchev–Trinajstić information content (AvgIpc) is 3.54. The molecule has 0 amide bonds. The SMILES string of the molecule is CC(C)(CO)COc1cc(F)c(CCc2nc3nc(O[C@@H]4CO[C@H]5[C@@H]4OC[C@H]5O)[nH]c3cc2Cl)c(F)c1. The van der Waals surface area contributed by atoms with Crippen LogP contribution in [0.15, 0.2) is 18.2 Å². The standard InChI is InChI=1S/C25H28ClF2N3O6/c1-25(2,10-32)11-36-12-5-15(27)13(16(28)6-12)3-4-17-14(26)7-18-23(29-17)31-24(30-18)37-20-9-35-21-19(33)8-34-22(20)21/h5-7,19-22,32-33H,3-4,8-11H2,1-2H3,(H,29,30,31)/t19-,20-,21-,22-/m1/s1. The molecule has 3 aromatic rings. The third kappa shape index (κ3) is 5.51. The lowest BCUT2D eigenvalue weighted by atomic mass is 9.96. The Bertz CT molecular complexity index is 1270. The van der Waals surface area contributed by atoms with Crippen molar-refractivity contribution in [1.29, 1.82) is 0 Å². The second-order valence-electron chi connectivity index (χ2n) is 10.1. The summed E-state index contributed by atoms with van der Waals surface area (Å²) in [6.07, 6.45) is -1.75. The van der Waals surface area contributed by atoms with Crippen LogP contribution in [-0.4, -0.2) is 76.0 Å². The van der Waals surface area contributed by atoms with Gasteiger partial charge >= 0.3 is 0 Å². The summed E-state index contributed by atoms with van der Waals surface area (Å²) in [7, 11) is 0. The second kappa shape index (κ2) is 10.3. The Kier molecular flexibility index (Phi) is 7.25. The first-order chi connectivity index (χ1) is 17.6. The fraction of sp³-hybridized carbons (Fsp3) is 0.520. The first-order valence-corrected chi connectivity index (χ1v) is 12.4. The maximum Gasteiger partial charge on any atom is 0.296 e. The lowest BCUT2D eigenvalue weighted by Gasteiger charge is -2.22. The number of nitrogens with one attached hydrogen (secondary N) is 1. The summed E-state index contributed by atoms with van der Waals surface area (Å²) in [5, 5.41) is 19.5. The van der Waals surface area contributed by atoms with Gasteiger partial charge in [-0.1, -0.05) is 25.4 Å². The third-order valence-electron chi connectivity index (χ3n) is 6.51. The fourth-order valence-electron chi connectivity index (χ4n) is 4.32. The van der Waals surface area contributed by atoms with Crippen LogP contribution in [0.1, 0.15) is 25.1 Å². The van der Waals surface area contributed by atoms with Crippen LogP contribution in [0.2, 0.25) is 5.02 Å². The lowest BCUT2D eigenvalue weighted by molar-refractivity contribution is 0.00706. The Balaban J connectivity index is 1.26. The van der Waals surface area contributed by atoms with Crippen molar-refractivity contribution >= 4 is 22.8 Å². The van der Waals surface area contributed by atoms with Gasteiger partial charge in [0, 0.05) is 23.1 Å². The zero-order chi connectivity index (χ0) is 26.3. The highest BCUT2D eigenvalue weighted by Gasteiger charge is 2.48. The number of aryl methyl sites for hydroxylation is 1. The highest BCUT2D eigenvalue weighted by atomic mass is 35.5. The van der Waals surface area contributed by atoms with E-state index < -0.39 is 41.5 Å². The quantitative estimate of drug-likeness (QED) is 0.380. The normalized spacial score (nSPS) is 23.5. The Morgan fingerprint density at radius 2 is 1.84 bits per heavy atom. The number of aromatic amines is 1. The highest BCUT2D eigenvalue weighted by Crippen LogP contribution is 2.31. The maximum atomic E-state index is 14.7. The first kappa shape index (κ1) is 26.1. The molecule has 0 unspecified atom stereocenters. The van der Waals surface area contributed by atoms with Gasteiger partial charge in [-0.05, 0) is 18.9 Å². The van der Waals surface area contributed by atoms with E-state index in [0.29, 0.717) is 21.9 Å². The molecule has 2 aliphatic rings. The molecule has 4 atom stereocenters. The minimum absolute atomic E-state index is 0.0221. The van der Waals surface area contributed by atoms with E-state index in [0.717, 1.165) is 12.1 Å². The molecule has 0 bridgehead atoms. The number of rotatable bonds is 9. The molecule has 1 aromatic carbocycles. The first-order valence-electron chi connectivity index (χ1n) is 12.0. The average molecular weight is 540 g/mol. The highest BCUT2D eigenvalue weighted by molar-refractivity contribution is 6.31. The van der Waals surface area contributed by atoms with Crippen molar-refractivity contribution in [2.75, 3.05) is 26.4 Å². The molecular formula is C25H28ClF2N3O6. The van der Waals surface area contributed by atoms with E-state index in [9.17, 15) is 19.0 Å².